The molecule has 0 bridgehead atoms. The van der Waals surface area contributed by atoms with Gasteiger partial charge in [0.05, 0.1) is 28.7 Å². The zero-order chi connectivity index (χ0) is 27.2. The lowest BCUT2D eigenvalue weighted by Gasteiger charge is -2.41. The van der Waals surface area contributed by atoms with Crippen molar-refractivity contribution >= 4 is 27.5 Å². The van der Waals surface area contributed by atoms with Crippen LogP contribution in [0.15, 0.2) is 113 Å². The highest BCUT2D eigenvalue weighted by Crippen LogP contribution is 2.43. The van der Waals surface area contributed by atoms with Gasteiger partial charge in [0.15, 0.2) is 6.29 Å². The standard InChI is InChI=1S/C30H30N2O5S2/c1-21-27(20-38-28-9-5-6-18-31-28)36-30(37-29(21)23-12-10-22(19-33)11-13-23)24-14-16-25(17-15-24)32-39(34,35)26-7-3-2-4-8-26/h2-18,21,27,29-30,32-33H,19-20H2,1H3/t21-,27+,29+,30+/m1/s1. The highest BCUT2D eigenvalue weighted by molar-refractivity contribution is 7.99. The molecule has 3 aromatic carbocycles. The van der Waals surface area contributed by atoms with E-state index < -0.39 is 16.3 Å². The number of benzene rings is 3. The van der Waals surface area contributed by atoms with E-state index in [4.69, 9.17) is 9.47 Å². The van der Waals surface area contributed by atoms with Crippen LogP contribution in [-0.2, 0) is 26.1 Å². The minimum atomic E-state index is -3.69. The quantitative estimate of drug-likeness (QED) is 0.243. The van der Waals surface area contributed by atoms with Gasteiger partial charge in [-0.15, -0.1) is 11.8 Å². The van der Waals surface area contributed by atoms with E-state index in [0.717, 1.165) is 21.7 Å². The van der Waals surface area contributed by atoms with Gasteiger partial charge in [0.2, 0.25) is 0 Å². The van der Waals surface area contributed by atoms with Gasteiger partial charge < -0.3 is 14.6 Å². The molecule has 0 saturated carbocycles. The van der Waals surface area contributed by atoms with Crippen LogP contribution in [0.1, 0.15) is 36.0 Å². The minimum absolute atomic E-state index is 0.0171. The largest absolute Gasteiger partial charge is 0.392 e. The van der Waals surface area contributed by atoms with Crippen molar-refractivity contribution in [3.8, 4) is 0 Å². The summed E-state index contributed by atoms with van der Waals surface area (Å²) in [6, 6.07) is 28.9. The number of aromatic nitrogens is 1. The van der Waals surface area contributed by atoms with Gasteiger partial charge in [-0.1, -0.05) is 67.6 Å². The molecule has 1 saturated heterocycles. The number of aliphatic hydroxyl groups is 1. The molecule has 0 unspecified atom stereocenters. The highest BCUT2D eigenvalue weighted by Gasteiger charge is 2.38. The van der Waals surface area contributed by atoms with E-state index in [0.29, 0.717) is 11.4 Å². The number of aliphatic hydroxyl groups excluding tert-OH is 1. The molecule has 0 spiro atoms. The van der Waals surface area contributed by atoms with Gasteiger partial charge in [-0.05, 0) is 47.5 Å². The number of rotatable bonds is 9. The van der Waals surface area contributed by atoms with Gasteiger partial charge in [0.25, 0.3) is 10.0 Å². The second kappa shape index (κ2) is 12.3. The maximum atomic E-state index is 12.7. The Hall–Kier alpha value is -3.21. The van der Waals surface area contributed by atoms with Crippen molar-refractivity contribution in [2.24, 2.45) is 5.92 Å². The zero-order valence-corrected chi connectivity index (χ0v) is 23.0. The number of pyridine rings is 1. The maximum absolute atomic E-state index is 12.7. The number of hydrogen-bond acceptors (Lipinski definition) is 7. The Balaban J connectivity index is 1.36. The fourth-order valence-electron chi connectivity index (χ4n) is 4.43. The fourth-order valence-corrected chi connectivity index (χ4v) is 6.54. The summed E-state index contributed by atoms with van der Waals surface area (Å²) in [5.41, 5.74) is 3.08. The average molecular weight is 563 g/mol. The first-order valence-electron chi connectivity index (χ1n) is 12.7. The molecular formula is C30H30N2O5S2. The van der Waals surface area contributed by atoms with Crippen LogP contribution in [0.2, 0.25) is 0 Å². The summed E-state index contributed by atoms with van der Waals surface area (Å²) in [6.45, 7) is 2.10. The third-order valence-electron chi connectivity index (χ3n) is 6.65. The predicted molar refractivity (Wildman–Crippen MR) is 152 cm³/mol. The summed E-state index contributed by atoms with van der Waals surface area (Å²) in [6.07, 6.45) is 0.771. The van der Waals surface area contributed by atoms with Crippen LogP contribution in [-0.4, -0.2) is 30.4 Å². The molecule has 0 aliphatic carbocycles. The molecule has 9 heteroatoms. The third kappa shape index (κ3) is 6.69. The molecule has 1 aliphatic heterocycles. The van der Waals surface area contributed by atoms with E-state index in [1.807, 2.05) is 54.6 Å². The van der Waals surface area contributed by atoms with Crippen LogP contribution in [0.4, 0.5) is 5.69 Å². The molecule has 0 amide bonds. The van der Waals surface area contributed by atoms with Crippen LogP contribution in [0.3, 0.4) is 0 Å². The second-order valence-corrected chi connectivity index (χ2v) is 12.1. The third-order valence-corrected chi connectivity index (χ3v) is 9.07. The Labute approximate surface area is 233 Å². The highest BCUT2D eigenvalue weighted by atomic mass is 32.2. The van der Waals surface area contributed by atoms with Gasteiger partial charge in [-0.2, -0.15) is 0 Å². The van der Waals surface area contributed by atoms with Crippen molar-refractivity contribution in [2.75, 3.05) is 10.5 Å². The first-order chi connectivity index (χ1) is 18.9. The van der Waals surface area contributed by atoms with E-state index >= 15 is 0 Å². The number of thioether (sulfide) groups is 1. The Kier molecular flexibility index (Phi) is 8.64. The topological polar surface area (TPSA) is 97.8 Å². The molecular weight excluding hydrogens is 532 g/mol. The number of nitrogens with zero attached hydrogens (tertiary/aromatic N) is 1. The lowest BCUT2D eigenvalue weighted by molar-refractivity contribution is -0.268. The lowest BCUT2D eigenvalue weighted by atomic mass is 9.91. The second-order valence-electron chi connectivity index (χ2n) is 9.34. The smallest absolute Gasteiger partial charge is 0.261 e. The van der Waals surface area contributed by atoms with Crippen molar-refractivity contribution in [2.45, 2.75) is 42.0 Å². The van der Waals surface area contributed by atoms with Crippen molar-refractivity contribution < 1.29 is 23.0 Å². The minimum Gasteiger partial charge on any atom is -0.392 e. The Morgan fingerprint density at radius 2 is 1.56 bits per heavy atom. The van der Waals surface area contributed by atoms with Crippen LogP contribution >= 0.6 is 11.8 Å². The maximum Gasteiger partial charge on any atom is 0.261 e. The summed E-state index contributed by atoms with van der Waals surface area (Å²) in [5, 5.41) is 10.4. The lowest BCUT2D eigenvalue weighted by Crippen LogP contribution is -2.38. The van der Waals surface area contributed by atoms with E-state index in [9.17, 15) is 13.5 Å². The predicted octanol–water partition coefficient (Wildman–Crippen LogP) is 5.96. The molecule has 1 fully saturated rings. The normalized spacial score (nSPS) is 21.4. The number of ether oxygens (including phenoxy) is 2. The van der Waals surface area contributed by atoms with Gasteiger partial charge in [-0.3, -0.25) is 4.72 Å². The summed E-state index contributed by atoms with van der Waals surface area (Å²) >= 11 is 1.64. The first-order valence-corrected chi connectivity index (χ1v) is 15.1. The van der Waals surface area contributed by atoms with Gasteiger partial charge in [-0.25, -0.2) is 13.4 Å². The summed E-state index contributed by atoms with van der Waals surface area (Å²) in [7, 11) is -3.69. The van der Waals surface area contributed by atoms with E-state index in [1.54, 1.807) is 60.4 Å². The number of hydrogen-bond donors (Lipinski definition) is 2. The Morgan fingerprint density at radius 3 is 2.23 bits per heavy atom. The van der Waals surface area contributed by atoms with Crippen LogP contribution < -0.4 is 4.72 Å². The molecule has 5 rings (SSSR count). The Morgan fingerprint density at radius 1 is 0.872 bits per heavy atom. The van der Waals surface area contributed by atoms with E-state index in [-0.39, 0.29) is 29.6 Å². The Bertz CT molecular complexity index is 1450. The summed E-state index contributed by atoms with van der Waals surface area (Å²) in [5.74, 6) is 0.743. The van der Waals surface area contributed by atoms with Gasteiger partial charge in [0, 0.05) is 29.1 Å². The van der Waals surface area contributed by atoms with Gasteiger partial charge in [0.1, 0.15) is 0 Å². The average Bonchev–Trinajstić information content (AvgIpc) is 2.98. The molecule has 0 radical (unpaired) electrons. The monoisotopic (exact) mass is 562 g/mol. The molecule has 39 heavy (non-hydrogen) atoms. The van der Waals surface area contributed by atoms with E-state index in [1.165, 1.54) is 0 Å². The number of nitrogens with one attached hydrogen (secondary N) is 1. The SMILES string of the molecule is C[C@@H]1[C@H](CSc2ccccn2)O[C@H](c2ccc(NS(=O)(=O)c3ccccc3)cc2)O[C@@H]1c1ccc(CO)cc1. The van der Waals surface area contributed by atoms with Crippen LogP contribution in [0.25, 0.3) is 0 Å². The molecule has 7 nitrogen and oxygen atoms in total. The van der Waals surface area contributed by atoms with Crippen LogP contribution in [0.5, 0.6) is 0 Å². The molecule has 2 heterocycles. The zero-order valence-electron chi connectivity index (χ0n) is 21.4. The first kappa shape index (κ1) is 27.4. The molecule has 1 aromatic heterocycles. The van der Waals surface area contributed by atoms with Crippen molar-refractivity contribution in [3.05, 3.63) is 120 Å². The molecule has 4 atom stereocenters. The molecule has 202 valence electrons. The van der Waals surface area contributed by atoms with E-state index in [2.05, 4.69) is 16.6 Å². The fraction of sp³-hybridized carbons (Fsp3) is 0.233. The number of anilines is 1. The summed E-state index contributed by atoms with van der Waals surface area (Å²) < 4.78 is 41.0. The molecule has 4 aromatic rings. The van der Waals surface area contributed by atoms with Crippen molar-refractivity contribution in [3.63, 3.8) is 0 Å². The number of sulfonamides is 1. The molecule has 2 N–H and O–H groups in total. The summed E-state index contributed by atoms with van der Waals surface area (Å²) in [4.78, 5) is 4.62. The van der Waals surface area contributed by atoms with Crippen molar-refractivity contribution in [1.82, 2.24) is 4.98 Å². The van der Waals surface area contributed by atoms with Crippen molar-refractivity contribution in [1.29, 1.82) is 0 Å². The van der Waals surface area contributed by atoms with Gasteiger partial charge >= 0.3 is 0 Å². The van der Waals surface area contributed by atoms with Crippen LogP contribution in [0, 0.1) is 5.92 Å². The molecule has 1 aliphatic rings.